The number of carbonyl (C=O) groups is 1. The van der Waals surface area contributed by atoms with E-state index in [2.05, 4.69) is 10.5 Å². The van der Waals surface area contributed by atoms with Gasteiger partial charge in [0, 0.05) is 26.3 Å². The summed E-state index contributed by atoms with van der Waals surface area (Å²) >= 11 is 0. The van der Waals surface area contributed by atoms with Gasteiger partial charge in [-0.1, -0.05) is 5.16 Å². The van der Waals surface area contributed by atoms with Crippen LogP contribution in [0.15, 0.2) is 22.7 Å². The van der Waals surface area contributed by atoms with Crippen LogP contribution in [0.3, 0.4) is 0 Å². The Balaban J connectivity index is 2.00. The summed E-state index contributed by atoms with van der Waals surface area (Å²) in [6.45, 7) is 1.10. The Morgan fingerprint density at radius 2 is 2.24 bits per heavy atom. The van der Waals surface area contributed by atoms with Gasteiger partial charge in [0.2, 0.25) is 0 Å². The molecule has 1 aromatic heterocycles. The lowest BCUT2D eigenvalue weighted by Crippen LogP contribution is -2.35. The summed E-state index contributed by atoms with van der Waals surface area (Å²) in [5.41, 5.74) is 0.803. The van der Waals surface area contributed by atoms with E-state index in [4.69, 9.17) is 14.0 Å². The van der Waals surface area contributed by atoms with Crippen LogP contribution in [0.2, 0.25) is 0 Å². The normalized spacial score (nSPS) is 16.7. The second-order valence-corrected chi connectivity index (χ2v) is 5.99. The maximum atomic E-state index is 13.7. The Morgan fingerprint density at radius 1 is 1.44 bits per heavy atom. The van der Waals surface area contributed by atoms with E-state index in [0.717, 1.165) is 6.42 Å². The number of benzene rings is 1. The van der Waals surface area contributed by atoms with E-state index in [-0.39, 0.29) is 23.5 Å². The minimum atomic E-state index is -0.493. The zero-order chi connectivity index (χ0) is 18.0. The number of methoxy groups -OCH3 is 1. The number of amides is 1. The average Bonchev–Trinajstić information content (AvgIpc) is 3.24. The lowest BCUT2D eigenvalue weighted by molar-refractivity contribution is 0.0930. The molecule has 0 radical (unpaired) electrons. The first-order valence-corrected chi connectivity index (χ1v) is 7.90. The van der Waals surface area contributed by atoms with E-state index in [0.29, 0.717) is 30.2 Å². The Morgan fingerprint density at radius 3 is 2.88 bits per heavy atom. The lowest BCUT2D eigenvalue weighted by Gasteiger charge is -2.14. The Kier molecular flexibility index (Phi) is 4.89. The van der Waals surface area contributed by atoms with Crippen molar-refractivity contribution in [3.8, 4) is 17.1 Å². The van der Waals surface area contributed by atoms with Gasteiger partial charge in [-0.3, -0.25) is 4.79 Å². The summed E-state index contributed by atoms with van der Waals surface area (Å²) in [4.78, 5) is 14.5. The van der Waals surface area contributed by atoms with Crippen molar-refractivity contribution >= 4 is 11.7 Å². The van der Waals surface area contributed by atoms with Crippen LogP contribution in [-0.2, 0) is 4.74 Å². The Labute approximate surface area is 144 Å². The summed E-state index contributed by atoms with van der Waals surface area (Å²) in [6, 6.07) is 4.21. The van der Waals surface area contributed by atoms with Gasteiger partial charge in [-0.15, -0.1) is 0 Å². The zero-order valence-electron chi connectivity index (χ0n) is 14.3. The quantitative estimate of drug-likeness (QED) is 0.891. The second kappa shape index (κ2) is 7.10. The molecule has 1 amide bonds. The maximum absolute atomic E-state index is 13.7. The monoisotopic (exact) mass is 349 g/mol. The van der Waals surface area contributed by atoms with Gasteiger partial charge in [-0.25, -0.2) is 4.39 Å². The van der Waals surface area contributed by atoms with Crippen LogP contribution in [0, 0.1) is 5.82 Å². The molecule has 0 saturated carbocycles. The van der Waals surface area contributed by atoms with Crippen LogP contribution in [0.25, 0.3) is 11.3 Å². The number of nitrogens with one attached hydrogen (secondary N) is 1. The van der Waals surface area contributed by atoms with Gasteiger partial charge in [-0.05, 0) is 24.6 Å². The first-order valence-electron chi connectivity index (χ1n) is 7.90. The molecule has 2 aromatic rings. The highest BCUT2D eigenvalue weighted by atomic mass is 19.1. The molecule has 2 heterocycles. The highest BCUT2D eigenvalue weighted by Crippen LogP contribution is 2.33. The summed E-state index contributed by atoms with van der Waals surface area (Å²) in [5.74, 6) is -0.0737. The molecule has 1 unspecified atom stereocenters. The topological polar surface area (TPSA) is 76.8 Å². The number of hydrogen-bond donors (Lipinski definition) is 1. The fourth-order valence-electron chi connectivity index (χ4n) is 2.70. The molecule has 0 bridgehead atoms. The molecule has 3 rings (SSSR count). The fourth-order valence-corrected chi connectivity index (χ4v) is 2.70. The Bertz CT molecular complexity index is 769. The predicted octanol–water partition coefficient (Wildman–Crippen LogP) is 2.07. The lowest BCUT2D eigenvalue weighted by atomic mass is 10.1. The van der Waals surface area contributed by atoms with Gasteiger partial charge < -0.3 is 24.2 Å². The van der Waals surface area contributed by atoms with E-state index in [1.807, 2.05) is 0 Å². The van der Waals surface area contributed by atoms with E-state index in [1.165, 1.54) is 25.3 Å². The predicted molar refractivity (Wildman–Crippen MR) is 89.5 cm³/mol. The molecule has 1 aromatic carbocycles. The molecular weight excluding hydrogens is 329 g/mol. The molecule has 25 heavy (non-hydrogen) atoms. The molecule has 1 N–H and O–H groups in total. The minimum absolute atomic E-state index is 0.0481. The van der Waals surface area contributed by atoms with Gasteiger partial charge in [0.25, 0.3) is 5.91 Å². The molecule has 1 aliphatic heterocycles. The minimum Gasteiger partial charge on any atom is -0.494 e. The number of halogens is 1. The largest absolute Gasteiger partial charge is 0.494 e. The van der Waals surface area contributed by atoms with E-state index < -0.39 is 5.82 Å². The number of carbonyl (C=O) groups excluding carboxylic acids is 1. The standard InChI is InChI=1S/C17H20FN3O4/c1-21(2)16-14(17(22)19-11-6-7-24-9-11)15(25-20-16)10-4-5-12(18)13(8-10)23-3/h4-5,8,11H,6-7,9H2,1-3H3,(H,19,22). The van der Waals surface area contributed by atoms with E-state index in [1.54, 1.807) is 19.0 Å². The average molecular weight is 349 g/mol. The van der Waals surface area contributed by atoms with Crippen molar-refractivity contribution in [1.82, 2.24) is 10.5 Å². The van der Waals surface area contributed by atoms with Crippen molar-refractivity contribution in [1.29, 1.82) is 0 Å². The van der Waals surface area contributed by atoms with Crippen LogP contribution < -0.4 is 15.0 Å². The molecule has 1 aliphatic rings. The van der Waals surface area contributed by atoms with Crippen molar-refractivity contribution in [3.63, 3.8) is 0 Å². The Hall–Kier alpha value is -2.61. The number of ether oxygens (including phenoxy) is 2. The van der Waals surface area contributed by atoms with E-state index in [9.17, 15) is 9.18 Å². The van der Waals surface area contributed by atoms with Crippen molar-refractivity contribution in [3.05, 3.63) is 29.6 Å². The summed E-state index contributed by atoms with van der Waals surface area (Å²) in [5, 5.41) is 6.92. The van der Waals surface area contributed by atoms with Gasteiger partial charge >= 0.3 is 0 Å². The van der Waals surface area contributed by atoms with Crippen LogP contribution in [0.1, 0.15) is 16.8 Å². The molecule has 134 valence electrons. The highest BCUT2D eigenvalue weighted by molar-refractivity contribution is 6.04. The molecule has 8 heteroatoms. The second-order valence-electron chi connectivity index (χ2n) is 5.99. The van der Waals surface area contributed by atoms with Crippen LogP contribution in [0.4, 0.5) is 10.2 Å². The fraction of sp³-hybridized carbons (Fsp3) is 0.412. The first kappa shape index (κ1) is 17.2. The maximum Gasteiger partial charge on any atom is 0.259 e. The molecular formula is C17H20FN3O4. The number of rotatable bonds is 5. The summed E-state index contributed by atoms with van der Waals surface area (Å²) < 4.78 is 29.4. The molecule has 1 saturated heterocycles. The third-order valence-electron chi connectivity index (χ3n) is 4.00. The molecule has 0 spiro atoms. The summed E-state index contributed by atoms with van der Waals surface area (Å²) in [7, 11) is 4.91. The van der Waals surface area contributed by atoms with Gasteiger partial charge in [0.1, 0.15) is 5.56 Å². The highest BCUT2D eigenvalue weighted by Gasteiger charge is 2.28. The van der Waals surface area contributed by atoms with Crippen LogP contribution in [0.5, 0.6) is 5.75 Å². The zero-order valence-corrected chi connectivity index (χ0v) is 14.3. The van der Waals surface area contributed by atoms with Crippen molar-refractivity contribution < 1.29 is 23.2 Å². The first-order chi connectivity index (χ1) is 12.0. The van der Waals surface area contributed by atoms with Crippen LogP contribution in [-0.4, -0.2) is 51.5 Å². The van der Waals surface area contributed by atoms with Crippen LogP contribution >= 0.6 is 0 Å². The number of hydrogen-bond acceptors (Lipinski definition) is 6. The molecule has 0 aliphatic carbocycles. The van der Waals surface area contributed by atoms with Crippen molar-refractivity contribution in [2.75, 3.05) is 39.3 Å². The SMILES string of the molecule is COc1cc(-c2onc(N(C)C)c2C(=O)NC2CCOC2)ccc1F. The van der Waals surface area contributed by atoms with Crippen molar-refractivity contribution in [2.24, 2.45) is 0 Å². The summed E-state index contributed by atoms with van der Waals surface area (Å²) in [6.07, 6.45) is 0.758. The van der Waals surface area contributed by atoms with Crippen molar-refractivity contribution in [2.45, 2.75) is 12.5 Å². The third kappa shape index (κ3) is 3.43. The molecule has 1 atom stereocenters. The number of anilines is 1. The molecule has 1 fully saturated rings. The number of aromatic nitrogens is 1. The van der Waals surface area contributed by atoms with Gasteiger partial charge in [-0.2, -0.15) is 0 Å². The smallest absolute Gasteiger partial charge is 0.259 e. The molecule has 7 nitrogen and oxygen atoms in total. The number of nitrogens with zero attached hydrogens (tertiary/aromatic N) is 2. The third-order valence-corrected chi connectivity index (χ3v) is 4.00. The van der Waals surface area contributed by atoms with E-state index >= 15 is 0 Å². The van der Waals surface area contributed by atoms with Gasteiger partial charge in [0.05, 0.1) is 19.8 Å². The van der Waals surface area contributed by atoms with Gasteiger partial charge in [0.15, 0.2) is 23.1 Å².